The lowest BCUT2D eigenvalue weighted by atomic mass is 10.0. The summed E-state index contributed by atoms with van der Waals surface area (Å²) in [4.78, 5) is 8.36. The van der Waals surface area contributed by atoms with E-state index in [4.69, 9.17) is 21.4 Å². The summed E-state index contributed by atoms with van der Waals surface area (Å²) in [5, 5.41) is 0. The van der Waals surface area contributed by atoms with Crippen molar-refractivity contribution >= 4 is 39.5 Å². The number of hydrogen-bond acceptors (Lipinski definition) is 6. The van der Waals surface area contributed by atoms with Crippen LogP contribution in [0, 0.1) is 0 Å². The molecule has 0 amide bonds. The van der Waals surface area contributed by atoms with Crippen molar-refractivity contribution in [1.82, 2.24) is 9.97 Å². The topological polar surface area (TPSA) is 94.1 Å². The van der Waals surface area contributed by atoms with Crippen LogP contribution in [0.15, 0.2) is 70.7 Å². The normalized spacial score (nSPS) is 12.1. The summed E-state index contributed by atoms with van der Waals surface area (Å²) in [6.45, 7) is 0. The van der Waals surface area contributed by atoms with Gasteiger partial charge in [0.05, 0.1) is 21.2 Å². The molecule has 0 atom stereocenters. The molecule has 0 spiro atoms. The van der Waals surface area contributed by atoms with Crippen LogP contribution in [-0.4, -0.2) is 26.8 Å². The summed E-state index contributed by atoms with van der Waals surface area (Å²) in [5.74, 6) is 0. The third kappa shape index (κ3) is 4.04. The van der Waals surface area contributed by atoms with Crippen molar-refractivity contribution in [2.45, 2.75) is 9.79 Å². The van der Waals surface area contributed by atoms with Crippen molar-refractivity contribution in [3.63, 3.8) is 0 Å². The Hall–Kier alpha value is -2.00. The number of hydrogen-bond donors (Lipinski definition) is 0. The average Bonchev–Trinajstić information content (AvgIpc) is 2.60. The largest absolute Gasteiger partial charge is 0.261 e. The number of benzene rings is 2. The second-order valence-corrected chi connectivity index (χ2v) is 10.3. The van der Waals surface area contributed by atoms with E-state index in [0.717, 1.165) is 0 Å². The highest BCUT2D eigenvalue weighted by Crippen LogP contribution is 2.31. The Morgan fingerprint density at radius 2 is 1.04 bits per heavy atom. The van der Waals surface area contributed by atoms with Crippen LogP contribution in [0.3, 0.4) is 0 Å². The van der Waals surface area contributed by atoms with Gasteiger partial charge in [-0.1, -0.05) is 24.3 Å². The minimum atomic E-state index is -3.91. The van der Waals surface area contributed by atoms with Crippen LogP contribution in [0.25, 0.3) is 22.5 Å². The lowest BCUT2D eigenvalue weighted by molar-refractivity contribution is 0.608. The Kier molecular flexibility index (Phi) is 5.03. The van der Waals surface area contributed by atoms with E-state index in [9.17, 15) is 16.8 Å². The lowest BCUT2D eigenvalue weighted by Gasteiger charge is -2.09. The molecular formula is C16H10Cl2N2O4S2. The SMILES string of the molecule is O=S(=O)(Cl)c1cccc(-c2nccnc2-c2cccc(S(=O)(=O)Cl)c2)c1. The van der Waals surface area contributed by atoms with Gasteiger partial charge in [-0.2, -0.15) is 0 Å². The monoisotopic (exact) mass is 428 g/mol. The molecule has 2 aromatic carbocycles. The van der Waals surface area contributed by atoms with Gasteiger partial charge in [0, 0.05) is 44.9 Å². The van der Waals surface area contributed by atoms with E-state index in [-0.39, 0.29) is 9.79 Å². The molecule has 0 aliphatic heterocycles. The van der Waals surface area contributed by atoms with Gasteiger partial charge in [-0.25, -0.2) is 16.8 Å². The van der Waals surface area contributed by atoms with Crippen LogP contribution in [-0.2, 0) is 18.1 Å². The van der Waals surface area contributed by atoms with Crippen LogP contribution in [0.4, 0.5) is 0 Å². The van der Waals surface area contributed by atoms with Crippen LogP contribution in [0.1, 0.15) is 0 Å². The molecule has 0 saturated carbocycles. The van der Waals surface area contributed by atoms with Gasteiger partial charge in [0.25, 0.3) is 18.1 Å². The predicted molar refractivity (Wildman–Crippen MR) is 99.0 cm³/mol. The smallest absolute Gasteiger partial charge is 0.252 e. The molecule has 0 fully saturated rings. The zero-order valence-corrected chi connectivity index (χ0v) is 16.0. The molecule has 0 saturated heterocycles. The molecule has 0 aliphatic rings. The molecule has 26 heavy (non-hydrogen) atoms. The lowest BCUT2D eigenvalue weighted by Crippen LogP contribution is -1.96. The maximum absolute atomic E-state index is 11.6. The van der Waals surface area contributed by atoms with E-state index >= 15 is 0 Å². The first-order valence-corrected chi connectivity index (χ1v) is 11.7. The molecule has 3 aromatic rings. The Labute approximate surface area is 159 Å². The van der Waals surface area contributed by atoms with E-state index in [2.05, 4.69) is 9.97 Å². The van der Waals surface area contributed by atoms with Gasteiger partial charge in [-0.05, 0) is 24.3 Å². The maximum Gasteiger partial charge on any atom is 0.261 e. The molecular weight excluding hydrogens is 419 g/mol. The maximum atomic E-state index is 11.6. The van der Waals surface area contributed by atoms with Crippen molar-refractivity contribution < 1.29 is 16.8 Å². The fourth-order valence-electron chi connectivity index (χ4n) is 2.35. The minimum absolute atomic E-state index is 0.0784. The molecule has 0 aliphatic carbocycles. The first-order chi connectivity index (χ1) is 12.2. The van der Waals surface area contributed by atoms with Gasteiger partial charge in [-0.15, -0.1) is 0 Å². The van der Waals surface area contributed by atoms with Crippen LogP contribution in [0.5, 0.6) is 0 Å². The number of halogens is 2. The predicted octanol–water partition coefficient (Wildman–Crippen LogP) is 3.67. The van der Waals surface area contributed by atoms with Crippen LogP contribution >= 0.6 is 21.4 Å². The molecule has 10 heteroatoms. The van der Waals surface area contributed by atoms with Crippen LogP contribution in [0.2, 0.25) is 0 Å². The second kappa shape index (κ2) is 6.96. The fraction of sp³-hybridized carbons (Fsp3) is 0. The molecule has 0 bridgehead atoms. The zero-order chi connectivity index (χ0) is 18.9. The average molecular weight is 429 g/mol. The van der Waals surface area contributed by atoms with Gasteiger partial charge in [0.2, 0.25) is 0 Å². The molecule has 0 radical (unpaired) electrons. The van der Waals surface area contributed by atoms with E-state index in [1.807, 2.05) is 0 Å². The van der Waals surface area contributed by atoms with Gasteiger partial charge in [-0.3, -0.25) is 9.97 Å². The first kappa shape index (κ1) is 18.8. The van der Waals surface area contributed by atoms with Gasteiger partial charge >= 0.3 is 0 Å². The van der Waals surface area contributed by atoms with E-state index in [1.54, 1.807) is 12.1 Å². The molecule has 1 aromatic heterocycles. The van der Waals surface area contributed by atoms with Crippen molar-refractivity contribution in [1.29, 1.82) is 0 Å². The molecule has 1 heterocycles. The number of aromatic nitrogens is 2. The third-order valence-corrected chi connectivity index (χ3v) is 6.18. The summed E-state index contributed by atoms with van der Waals surface area (Å²) in [6, 6.07) is 11.8. The van der Waals surface area contributed by atoms with Gasteiger partial charge < -0.3 is 0 Å². The highest BCUT2D eigenvalue weighted by molar-refractivity contribution is 8.14. The fourth-order valence-corrected chi connectivity index (χ4v) is 3.94. The Morgan fingerprint density at radius 3 is 1.38 bits per heavy atom. The summed E-state index contributed by atoms with van der Waals surface area (Å²) in [7, 11) is 2.98. The Bertz CT molecular complexity index is 1100. The number of rotatable bonds is 4. The quantitative estimate of drug-likeness (QED) is 0.588. The van der Waals surface area contributed by atoms with E-state index < -0.39 is 18.1 Å². The minimum Gasteiger partial charge on any atom is -0.252 e. The zero-order valence-electron chi connectivity index (χ0n) is 12.9. The number of nitrogens with zero attached hydrogens (tertiary/aromatic N) is 2. The van der Waals surface area contributed by atoms with E-state index in [0.29, 0.717) is 22.5 Å². The van der Waals surface area contributed by atoms with Crippen LogP contribution < -0.4 is 0 Å². The molecule has 0 unspecified atom stereocenters. The van der Waals surface area contributed by atoms with Gasteiger partial charge in [0.1, 0.15) is 0 Å². The standard InChI is InChI=1S/C16H10Cl2N2O4S2/c17-25(21,22)13-5-1-3-11(9-13)15-16(20-8-7-19-15)12-4-2-6-14(10-12)26(18,23)24/h1-10H. The summed E-state index contributed by atoms with van der Waals surface area (Å²) < 4.78 is 46.3. The Morgan fingerprint density at radius 1 is 0.654 bits per heavy atom. The molecule has 3 rings (SSSR count). The molecule has 0 N–H and O–H groups in total. The summed E-state index contributed by atoms with van der Waals surface area (Å²) in [6.07, 6.45) is 2.89. The molecule has 6 nitrogen and oxygen atoms in total. The van der Waals surface area contributed by atoms with Crippen molar-refractivity contribution in [2.75, 3.05) is 0 Å². The highest BCUT2D eigenvalue weighted by Gasteiger charge is 2.17. The highest BCUT2D eigenvalue weighted by atomic mass is 35.7. The van der Waals surface area contributed by atoms with Crippen molar-refractivity contribution in [3.05, 3.63) is 60.9 Å². The third-order valence-electron chi connectivity index (χ3n) is 3.48. The summed E-state index contributed by atoms with van der Waals surface area (Å²) in [5.41, 5.74) is 1.68. The van der Waals surface area contributed by atoms with Gasteiger partial charge in [0.15, 0.2) is 0 Å². The van der Waals surface area contributed by atoms with E-state index in [1.165, 1.54) is 48.8 Å². The molecule has 134 valence electrons. The van der Waals surface area contributed by atoms with Crippen molar-refractivity contribution in [2.24, 2.45) is 0 Å². The summed E-state index contributed by atoms with van der Waals surface area (Å²) >= 11 is 0. The first-order valence-electron chi connectivity index (χ1n) is 7.07. The second-order valence-electron chi connectivity index (χ2n) is 5.18. The van der Waals surface area contributed by atoms with Crippen molar-refractivity contribution in [3.8, 4) is 22.5 Å². The Balaban J connectivity index is 2.20.